The number of fused-ring (bicyclic) bond motifs is 1. The quantitative estimate of drug-likeness (QED) is 0.573. The lowest BCUT2D eigenvalue weighted by Gasteiger charge is -2.27. The SMILES string of the molecule is Cc1cccc2sc(N(CCCN3CCOCC3)C(=O)c3cccc(Cl)c3)nc12. The van der Waals surface area contributed by atoms with Crippen molar-refractivity contribution in [2.24, 2.45) is 0 Å². The predicted molar refractivity (Wildman–Crippen MR) is 119 cm³/mol. The van der Waals surface area contributed by atoms with Gasteiger partial charge in [0.05, 0.1) is 23.4 Å². The van der Waals surface area contributed by atoms with Crippen molar-refractivity contribution in [2.75, 3.05) is 44.3 Å². The largest absolute Gasteiger partial charge is 0.379 e. The number of benzene rings is 2. The van der Waals surface area contributed by atoms with E-state index in [-0.39, 0.29) is 5.91 Å². The number of para-hydroxylation sites is 1. The first-order valence-electron chi connectivity index (χ1n) is 9.85. The number of hydrogen-bond acceptors (Lipinski definition) is 5. The lowest BCUT2D eigenvalue weighted by molar-refractivity contribution is 0.0376. The number of hydrogen-bond donors (Lipinski definition) is 0. The van der Waals surface area contributed by atoms with Gasteiger partial charge in [0, 0.05) is 36.8 Å². The number of anilines is 1. The summed E-state index contributed by atoms with van der Waals surface area (Å²) in [6.45, 7) is 7.05. The Morgan fingerprint density at radius 1 is 1.24 bits per heavy atom. The molecule has 1 aliphatic heterocycles. The lowest BCUT2D eigenvalue weighted by atomic mass is 10.2. The van der Waals surface area contributed by atoms with E-state index in [4.69, 9.17) is 21.3 Å². The van der Waals surface area contributed by atoms with Gasteiger partial charge < -0.3 is 4.74 Å². The Balaban J connectivity index is 1.58. The van der Waals surface area contributed by atoms with E-state index >= 15 is 0 Å². The van der Waals surface area contributed by atoms with Crippen molar-refractivity contribution >= 4 is 44.2 Å². The summed E-state index contributed by atoms with van der Waals surface area (Å²) in [6, 6.07) is 13.2. The molecule has 5 nitrogen and oxygen atoms in total. The fraction of sp³-hybridized carbons (Fsp3) is 0.364. The topological polar surface area (TPSA) is 45.7 Å². The van der Waals surface area contributed by atoms with Gasteiger partial charge in [0.1, 0.15) is 0 Å². The van der Waals surface area contributed by atoms with Crippen LogP contribution in [0.2, 0.25) is 5.02 Å². The van der Waals surface area contributed by atoms with Crippen molar-refractivity contribution in [1.82, 2.24) is 9.88 Å². The van der Waals surface area contributed by atoms with Crippen LogP contribution in [0, 0.1) is 6.92 Å². The van der Waals surface area contributed by atoms with Crippen molar-refractivity contribution < 1.29 is 9.53 Å². The number of carbonyl (C=O) groups is 1. The van der Waals surface area contributed by atoms with Crippen LogP contribution in [0.3, 0.4) is 0 Å². The first-order valence-corrected chi connectivity index (χ1v) is 11.0. The first-order chi connectivity index (χ1) is 14.1. The fourth-order valence-corrected chi connectivity index (χ4v) is 4.79. The Morgan fingerprint density at radius 3 is 2.79 bits per heavy atom. The average molecular weight is 430 g/mol. The molecule has 3 aromatic rings. The zero-order chi connectivity index (χ0) is 20.2. The third kappa shape index (κ3) is 4.78. The number of ether oxygens (including phenoxy) is 1. The van der Waals surface area contributed by atoms with Gasteiger partial charge >= 0.3 is 0 Å². The van der Waals surface area contributed by atoms with E-state index in [1.165, 1.54) is 0 Å². The van der Waals surface area contributed by atoms with Crippen molar-refractivity contribution in [2.45, 2.75) is 13.3 Å². The van der Waals surface area contributed by atoms with Crippen LogP contribution in [-0.4, -0.2) is 55.2 Å². The van der Waals surface area contributed by atoms with Crippen LogP contribution in [0.1, 0.15) is 22.3 Å². The zero-order valence-electron chi connectivity index (χ0n) is 16.4. The van der Waals surface area contributed by atoms with Crippen LogP contribution >= 0.6 is 22.9 Å². The molecule has 29 heavy (non-hydrogen) atoms. The molecule has 0 aliphatic carbocycles. The molecule has 1 saturated heterocycles. The Hall–Kier alpha value is -1.99. The second-order valence-corrected chi connectivity index (χ2v) is 8.64. The molecule has 0 N–H and O–H groups in total. The highest BCUT2D eigenvalue weighted by Crippen LogP contribution is 2.31. The van der Waals surface area contributed by atoms with Crippen LogP contribution < -0.4 is 4.90 Å². The molecular weight excluding hydrogens is 406 g/mol. The van der Waals surface area contributed by atoms with Crippen molar-refractivity contribution in [3.8, 4) is 0 Å². The summed E-state index contributed by atoms with van der Waals surface area (Å²) in [5.74, 6) is -0.0637. The Labute approximate surface area is 179 Å². The standard InChI is InChI=1S/C22H24ClN3O2S/c1-16-5-2-8-19-20(16)24-22(29-19)26(10-4-9-25-11-13-28-14-12-25)21(27)17-6-3-7-18(23)15-17/h2-3,5-8,15H,4,9-14H2,1H3. The summed E-state index contributed by atoms with van der Waals surface area (Å²) in [6.07, 6.45) is 0.876. The van der Waals surface area contributed by atoms with Gasteiger partial charge in [-0.2, -0.15) is 0 Å². The maximum atomic E-state index is 13.3. The molecule has 2 heterocycles. The van der Waals surface area contributed by atoms with E-state index in [1.807, 2.05) is 31.2 Å². The summed E-state index contributed by atoms with van der Waals surface area (Å²) in [7, 11) is 0. The van der Waals surface area contributed by atoms with Crippen LogP contribution in [0.5, 0.6) is 0 Å². The number of rotatable bonds is 6. The van der Waals surface area contributed by atoms with Crippen LogP contribution in [0.25, 0.3) is 10.2 Å². The van der Waals surface area contributed by atoms with Gasteiger partial charge in [-0.05, 0) is 43.2 Å². The molecule has 0 radical (unpaired) electrons. The number of nitrogens with zero attached hydrogens (tertiary/aromatic N) is 3. The smallest absolute Gasteiger partial charge is 0.260 e. The molecule has 7 heteroatoms. The monoisotopic (exact) mass is 429 g/mol. The molecule has 0 atom stereocenters. The summed E-state index contributed by atoms with van der Waals surface area (Å²) in [5, 5.41) is 1.30. The minimum Gasteiger partial charge on any atom is -0.379 e. The van der Waals surface area contributed by atoms with E-state index in [0.717, 1.165) is 60.2 Å². The number of morpholine rings is 1. The minimum atomic E-state index is -0.0637. The van der Waals surface area contributed by atoms with Crippen molar-refractivity contribution in [1.29, 1.82) is 0 Å². The van der Waals surface area contributed by atoms with Gasteiger partial charge in [-0.25, -0.2) is 4.98 Å². The molecule has 0 spiro atoms. The molecular formula is C22H24ClN3O2S. The second-order valence-electron chi connectivity index (χ2n) is 7.19. The highest BCUT2D eigenvalue weighted by molar-refractivity contribution is 7.22. The summed E-state index contributed by atoms with van der Waals surface area (Å²) < 4.78 is 6.52. The number of halogens is 1. The normalized spacial score (nSPS) is 15.0. The van der Waals surface area contributed by atoms with Gasteiger partial charge in [-0.1, -0.05) is 41.1 Å². The maximum Gasteiger partial charge on any atom is 0.260 e. The first kappa shape index (κ1) is 20.3. The molecule has 2 aromatic carbocycles. The van der Waals surface area contributed by atoms with E-state index in [0.29, 0.717) is 17.1 Å². The minimum absolute atomic E-state index is 0.0637. The van der Waals surface area contributed by atoms with Crippen LogP contribution in [0.4, 0.5) is 5.13 Å². The molecule has 152 valence electrons. The van der Waals surface area contributed by atoms with E-state index in [9.17, 15) is 4.79 Å². The number of carbonyl (C=O) groups excluding carboxylic acids is 1. The molecule has 1 fully saturated rings. The average Bonchev–Trinajstić information content (AvgIpc) is 3.17. The van der Waals surface area contributed by atoms with E-state index < -0.39 is 0 Å². The Kier molecular flexibility index (Phi) is 6.45. The zero-order valence-corrected chi connectivity index (χ0v) is 18.0. The predicted octanol–water partition coefficient (Wildman–Crippen LogP) is 4.63. The van der Waals surface area contributed by atoms with Crippen LogP contribution in [0.15, 0.2) is 42.5 Å². The van der Waals surface area contributed by atoms with Gasteiger partial charge in [0.15, 0.2) is 5.13 Å². The van der Waals surface area contributed by atoms with E-state index in [2.05, 4.69) is 11.0 Å². The number of aromatic nitrogens is 1. The van der Waals surface area contributed by atoms with Gasteiger partial charge in [-0.15, -0.1) is 0 Å². The highest BCUT2D eigenvalue weighted by atomic mass is 35.5. The van der Waals surface area contributed by atoms with E-state index in [1.54, 1.807) is 28.4 Å². The maximum absolute atomic E-state index is 13.3. The summed E-state index contributed by atoms with van der Waals surface area (Å²) in [4.78, 5) is 22.3. The number of thiazole rings is 1. The van der Waals surface area contributed by atoms with Gasteiger partial charge in [0.25, 0.3) is 5.91 Å². The molecule has 1 aromatic heterocycles. The Morgan fingerprint density at radius 2 is 2.03 bits per heavy atom. The van der Waals surface area contributed by atoms with Crippen molar-refractivity contribution in [3.05, 3.63) is 58.6 Å². The summed E-state index contributed by atoms with van der Waals surface area (Å²) >= 11 is 7.69. The molecule has 1 amide bonds. The molecule has 0 saturated carbocycles. The molecule has 0 bridgehead atoms. The molecule has 0 unspecified atom stereocenters. The van der Waals surface area contributed by atoms with Gasteiger partial charge in [-0.3, -0.25) is 14.6 Å². The highest BCUT2D eigenvalue weighted by Gasteiger charge is 2.22. The number of amides is 1. The van der Waals surface area contributed by atoms with Crippen LogP contribution in [-0.2, 0) is 4.74 Å². The van der Waals surface area contributed by atoms with Crippen molar-refractivity contribution in [3.63, 3.8) is 0 Å². The fourth-order valence-electron chi connectivity index (χ4n) is 3.53. The summed E-state index contributed by atoms with van der Waals surface area (Å²) in [5.41, 5.74) is 2.66. The Bertz CT molecular complexity index is 1000. The third-order valence-corrected chi connectivity index (χ3v) is 6.40. The van der Waals surface area contributed by atoms with Gasteiger partial charge in [0.2, 0.25) is 0 Å². The lowest BCUT2D eigenvalue weighted by Crippen LogP contribution is -2.39. The molecule has 1 aliphatic rings. The molecule has 4 rings (SSSR count). The second kappa shape index (κ2) is 9.22. The number of aryl methyl sites for hydroxylation is 1. The third-order valence-electron chi connectivity index (χ3n) is 5.12.